The highest BCUT2D eigenvalue weighted by Gasteiger charge is 2.28. The summed E-state index contributed by atoms with van der Waals surface area (Å²) in [6, 6.07) is 6.15. The van der Waals surface area contributed by atoms with Gasteiger partial charge in [0.05, 0.1) is 12.6 Å². The SMILES string of the molecule is C[C@H](Cn1cccn1)NC(=O)N[C@H](c1cccs1)C1CCCC1. The minimum atomic E-state index is -0.0880. The van der Waals surface area contributed by atoms with E-state index in [9.17, 15) is 4.79 Å². The van der Waals surface area contributed by atoms with Gasteiger partial charge in [-0.05, 0) is 43.2 Å². The van der Waals surface area contributed by atoms with Crippen LogP contribution in [0.3, 0.4) is 0 Å². The molecule has 0 aliphatic heterocycles. The summed E-state index contributed by atoms with van der Waals surface area (Å²) in [7, 11) is 0. The Morgan fingerprint density at radius 3 is 2.87 bits per heavy atom. The second kappa shape index (κ2) is 7.64. The van der Waals surface area contributed by atoms with E-state index >= 15 is 0 Å². The molecular formula is C17H24N4OS. The van der Waals surface area contributed by atoms with Crippen LogP contribution in [0.15, 0.2) is 36.0 Å². The van der Waals surface area contributed by atoms with Crippen molar-refractivity contribution in [1.29, 1.82) is 0 Å². The Balaban J connectivity index is 1.57. The molecule has 0 bridgehead atoms. The van der Waals surface area contributed by atoms with Gasteiger partial charge in [-0.2, -0.15) is 5.10 Å². The molecule has 0 radical (unpaired) electrons. The van der Waals surface area contributed by atoms with E-state index in [2.05, 4.69) is 33.2 Å². The number of carbonyl (C=O) groups is 1. The molecule has 1 saturated carbocycles. The van der Waals surface area contributed by atoms with Gasteiger partial charge in [0.1, 0.15) is 0 Å². The summed E-state index contributed by atoms with van der Waals surface area (Å²) in [5.41, 5.74) is 0. The summed E-state index contributed by atoms with van der Waals surface area (Å²) in [4.78, 5) is 13.7. The Kier molecular flexibility index (Phi) is 5.33. The van der Waals surface area contributed by atoms with E-state index in [4.69, 9.17) is 0 Å². The van der Waals surface area contributed by atoms with Crippen molar-refractivity contribution < 1.29 is 4.79 Å². The van der Waals surface area contributed by atoms with Gasteiger partial charge in [-0.25, -0.2) is 4.79 Å². The van der Waals surface area contributed by atoms with Gasteiger partial charge in [0.25, 0.3) is 0 Å². The molecule has 0 spiro atoms. The molecule has 2 aromatic heterocycles. The van der Waals surface area contributed by atoms with E-state index in [0.717, 1.165) is 0 Å². The van der Waals surface area contributed by atoms with Gasteiger partial charge in [-0.1, -0.05) is 18.9 Å². The summed E-state index contributed by atoms with van der Waals surface area (Å²) < 4.78 is 1.83. The molecule has 0 aromatic carbocycles. The molecule has 2 N–H and O–H groups in total. The van der Waals surface area contributed by atoms with Crippen LogP contribution in [0.2, 0.25) is 0 Å². The Labute approximate surface area is 141 Å². The zero-order valence-electron chi connectivity index (χ0n) is 13.4. The molecule has 1 aliphatic carbocycles. The van der Waals surface area contributed by atoms with E-state index in [1.165, 1.54) is 30.6 Å². The van der Waals surface area contributed by atoms with Crippen LogP contribution in [0.1, 0.15) is 43.5 Å². The molecule has 23 heavy (non-hydrogen) atoms. The lowest BCUT2D eigenvalue weighted by Gasteiger charge is -2.25. The van der Waals surface area contributed by atoms with Gasteiger partial charge in [0.15, 0.2) is 0 Å². The number of amides is 2. The van der Waals surface area contributed by atoms with E-state index in [0.29, 0.717) is 12.5 Å². The second-order valence-corrected chi connectivity index (χ2v) is 7.26. The lowest BCUT2D eigenvalue weighted by molar-refractivity contribution is 0.227. The first kappa shape index (κ1) is 16.1. The van der Waals surface area contributed by atoms with Gasteiger partial charge >= 0.3 is 6.03 Å². The minimum absolute atomic E-state index is 0.0301. The number of rotatable bonds is 6. The van der Waals surface area contributed by atoms with Gasteiger partial charge < -0.3 is 10.6 Å². The molecule has 2 atom stereocenters. The largest absolute Gasteiger partial charge is 0.334 e. The van der Waals surface area contributed by atoms with Gasteiger partial charge in [0.2, 0.25) is 0 Å². The maximum absolute atomic E-state index is 12.4. The van der Waals surface area contributed by atoms with Crippen molar-refractivity contribution in [2.75, 3.05) is 0 Å². The van der Waals surface area contributed by atoms with Crippen LogP contribution in [0.4, 0.5) is 4.79 Å². The van der Waals surface area contributed by atoms with Crippen LogP contribution >= 0.6 is 11.3 Å². The molecule has 1 aliphatic rings. The fraction of sp³-hybridized carbons (Fsp3) is 0.529. The van der Waals surface area contributed by atoms with Crippen molar-refractivity contribution in [3.63, 3.8) is 0 Å². The number of nitrogens with one attached hydrogen (secondary N) is 2. The molecule has 5 nitrogen and oxygen atoms in total. The third kappa shape index (κ3) is 4.34. The number of urea groups is 1. The highest BCUT2D eigenvalue weighted by Crippen LogP contribution is 2.37. The maximum atomic E-state index is 12.4. The summed E-state index contributed by atoms with van der Waals surface area (Å²) in [6.07, 6.45) is 8.59. The zero-order chi connectivity index (χ0) is 16.1. The average Bonchev–Trinajstić information content (AvgIpc) is 3.27. The number of hydrogen-bond donors (Lipinski definition) is 2. The van der Waals surface area contributed by atoms with Crippen LogP contribution in [-0.2, 0) is 6.54 Å². The third-order valence-corrected chi connectivity index (χ3v) is 5.36. The Hall–Kier alpha value is -1.82. The lowest BCUT2D eigenvalue weighted by atomic mass is 9.97. The molecule has 2 heterocycles. The predicted octanol–water partition coefficient (Wildman–Crippen LogP) is 3.56. The van der Waals surface area contributed by atoms with Crippen LogP contribution in [0.5, 0.6) is 0 Å². The van der Waals surface area contributed by atoms with Crippen LogP contribution in [0, 0.1) is 5.92 Å². The van der Waals surface area contributed by atoms with Crippen LogP contribution in [-0.4, -0.2) is 21.9 Å². The normalized spacial score (nSPS) is 17.8. The molecular weight excluding hydrogens is 308 g/mol. The van der Waals surface area contributed by atoms with Gasteiger partial charge in [-0.3, -0.25) is 4.68 Å². The molecule has 2 aromatic rings. The number of thiophene rings is 1. The maximum Gasteiger partial charge on any atom is 0.315 e. The number of hydrogen-bond acceptors (Lipinski definition) is 3. The summed E-state index contributed by atoms with van der Waals surface area (Å²) in [5.74, 6) is 0.556. The summed E-state index contributed by atoms with van der Waals surface area (Å²) in [6.45, 7) is 2.67. The molecule has 3 rings (SSSR count). The molecule has 0 saturated heterocycles. The number of nitrogens with zero attached hydrogens (tertiary/aromatic N) is 2. The van der Waals surface area contributed by atoms with E-state index in [1.54, 1.807) is 17.5 Å². The minimum Gasteiger partial charge on any atom is -0.334 e. The standard InChI is InChI=1S/C17H24N4OS/c1-13(12-21-10-5-9-18-21)19-17(22)20-16(14-6-2-3-7-14)15-8-4-11-23-15/h4-5,8-11,13-14,16H,2-3,6-7,12H2,1H3,(H2,19,20,22)/t13-,16+/m1/s1. The molecule has 0 unspecified atom stereocenters. The topological polar surface area (TPSA) is 59.0 Å². The number of aromatic nitrogens is 2. The highest BCUT2D eigenvalue weighted by molar-refractivity contribution is 7.10. The molecule has 1 fully saturated rings. The van der Waals surface area contributed by atoms with E-state index in [1.807, 2.05) is 23.9 Å². The zero-order valence-corrected chi connectivity index (χ0v) is 14.3. The van der Waals surface area contributed by atoms with E-state index < -0.39 is 0 Å². The van der Waals surface area contributed by atoms with Crippen molar-refractivity contribution in [1.82, 2.24) is 20.4 Å². The Morgan fingerprint density at radius 2 is 2.22 bits per heavy atom. The summed E-state index contributed by atoms with van der Waals surface area (Å²) >= 11 is 1.73. The smallest absolute Gasteiger partial charge is 0.315 e. The highest BCUT2D eigenvalue weighted by atomic mass is 32.1. The van der Waals surface area contributed by atoms with E-state index in [-0.39, 0.29) is 18.1 Å². The fourth-order valence-corrected chi connectivity index (χ4v) is 4.19. The van der Waals surface area contributed by atoms with Crippen molar-refractivity contribution in [3.05, 3.63) is 40.8 Å². The van der Waals surface area contributed by atoms with Crippen molar-refractivity contribution in [2.24, 2.45) is 5.92 Å². The number of carbonyl (C=O) groups excluding carboxylic acids is 1. The fourth-order valence-electron chi connectivity index (χ4n) is 3.32. The molecule has 6 heteroatoms. The first-order valence-electron chi connectivity index (χ1n) is 8.30. The molecule has 2 amide bonds. The second-order valence-electron chi connectivity index (χ2n) is 6.28. The quantitative estimate of drug-likeness (QED) is 0.849. The third-order valence-electron chi connectivity index (χ3n) is 4.41. The van der Waals surface area contributed by atoms with Gasteiger partial charge in [-0.15, -0.1) is 11.3 Å². The van der Waals surface area contributed by atoms with Crippen LogP contribution < -0.4 is 10.6 Å². The van der Waals surface area contributed by atoms with Crippen molar-refractivity contribution in [3.8, 4) is 0 Å². The van der Waals surface area contributed by atoms with Crippen LogP contribution in [0.25, 0.3) is 0 Å². The van der Waals surface area contributed by atoms with Crippen molar-refractivity contribution >= 4 is 17.4 Å². The Morgan fingerprint density at radius 1 is 1.39 bits per heavy atom. The first-order valence-corrected chi connectivity index (χ1v) is 9.18. The van der Waals surface area contributed by atoms with Crippen molar-refractivity contribution in [2.45, 2.75) is 51.2 Å². The summed E-state index contributed by atoms with van der Waals surface area (Å²) in [5, 5.41) is 12.5. The average molecular weight is 332 g/mol. The first-order chi connectivity index (χ1) is 11.2. The predicted molar refractivity (Wildman–Crippen MR) is 92.4 cm³/mol. The molecule has 124 valence electrons. The lowest BCUT2D eigenvalue weighted by Crippen LogP contribution is -2.45. The van der Waals surface area contributed by atoms with Gasteiger partial charge in [0, 0.05) is 23.3 Å². The monoisotopic (exact) mass is 332 g/mol. The Bertz CT molecular complexity index is 590.